The molecule has 0 aliphatic heterocycles. The molecular formula is C13H13ClN2O3. The number of halogens is 1. The van der Waals surface area contributed by atoms with Crippen LogP contribution < -0.4 is 5.32 Å². The van der Waals surface area contributed by atoms with Gasteiger partial charge in [0.15, 0.2) is 5.82 Å². The second-order valence-electron chi connectivity index (χ2n) is 4.32. The van der Waals surface area contributed by atoms with Gasteiger partial charge in [0.2, 0.25) is 5.91 Å². The van der Waals surface area contributed by atoms with Gasteiger partial charge in [0.25, 0.3) is 0 Å². The highest BCUT2D eigenvalue weighted by Gasteiger charge is 2.34. The summed E-state index contributed by atoms with van der Waals surface area (Å²) in [7, 11) is 0. The first-order chi connectivity index (χ1) is 9.09. The maximum absolute atomic E-state index is 12.1. The van der Waals surface area contributed by atoms with Crippen molar-refractivity contribution < 1.29 is 14.7 Å². The number of nitrogens with zero attached hydrogens (tertiary/aromatic N) is 1. The Morgan fingerprint density at radius 1 is 1.32 bits per heavy atom. The van der Waals surface area contributed by atoms with E-state index in [9.17, 15) is 9.59 Å². The molecule has 19 heavy (non-hydrogen) atoms. The van der Waals surface area contributed by atoms with E-state index in [1.54, 1.807) is 18.2 Å². The molecule has 5 nitrogen and oxygen atoms in total. The minimum atomic E-state index is -0.961. The SMILES string of the molecule is O=C(O)[C@@H]1CC=CC[C@H]1C(=O)Nc1ncccc1Cl. The van der Waals surface area contributed by atoms with Crippen LogP contribution in [-0.2, 0) is 9.59 Å². The normalized spacial score (nSPS) is 21.9. The number of aliphatic carboxylic acids is 1. The highest BCUT2D eigenvalue weighted by Crippen LogP contribution is 2.28. The molecule has 2 N–H and O–H groups in total. The van der Waals surface area contributed by atoms with Crippen molar-refractivity contribution in [2.24, 2.45) is 11.8 Å². The number of anilines is 1. The van der Waals surface area contributed by atoms with Crippen LogP contribution in [0.2, 0.25) is 5.02 Å². The molecule has 0 radical (unpaired) electrons. The van der Waals surface area contributed by atoms with Crippen LogP contribution in [0.1, 0.15) is 12.8 Å². The minimum absolute atomic E-state index is 0.257. The predicted octanol–water partition coefficient (Wildman–Crippen LogP) is 2.34. The van der Waals surface area contributed by atoms with Crippen LogP contribution in [0.4, 0.5) is 5.82 Å². The van der Waals surface area contributed by atoms with Crippen molar-refractivity contribution in [1.29, 1.82) is 0 Å². The van der Waals surface area contributed by atoms with Crippen LogP contribution in [0, 0.1) is 11.8 Å². The Morgan fingerprint density at radius 2 is 2.00 bits per heavy atom. The molecule has 1 aliphatic carbocycles. The number of carbonyl (C=O) groups excluding carboxylic acids is 1. The van der Waals surface area contributed by atoms with Crippen molar-refractivity contribution >= 4 is 29.3 Å². The predicted molar refractivity (Wildman–Crippen MR) is 70.9 cm³/mol. The van der Waals surface area contributed by atoms with Crippen molar-refractivity contribution in [2.45, 2.75) is 12.8 Å². The fourth-order valence-electron chi connectivity index (χ4n) is 2.06. The topological polar surface area (TPSA) is 79.3 Å². The maximum Gasteiger partial charge on any atom is 0.307 e. The first kappa shape index (κ1) is 13.5. The van der Waals surface area contributed by atoms with E-state index in [1.807, 2.05) is 6.08 Å². The number of carboxylic acid groups (broad SMARTS) is 1. The lowest BCUT2D eigenvalue weighted by Gasteiger charge is -2.24. The summed E-state index contributed by atoms with van der Waals surface area (Å²) in [6, 6.07) is 3.26. The second-order valence-corrected chi connectivity index (χ2v) is 4.72. The van der Waals surface area contributed by atoms with Gasteiger partial charge in [-0.15, -0.1) is 0 Å². The van der Waals surface area contributed by atoms with Crippen LogP contribution in [-0.4, -0.2) is 22.0 Å². The third-order valence-electron chi connectivity index (χ3n) is 3.09. The van der Waals surface area contributed by atoms with Gasteiger partial charge in [-0.05, 0) is 25.0 Å². The lowest BCUT2D eigenvalue weighted by Crippen LogP contribution is -2.35. The summed E-state index contributed by atoms with van der Waals surface area (Å²) >= 11 is 5.90. The third kappa shape index (κ3) is 3.12. The van der Waals surface area contributed by atoms with Gasteiger partial charge in [0.1, 0.15) is 0 Å². The monoisotopic (exact) mass is 280 g/mol. The van der Waals surface area contributed by atoms with Gasteiger partial charge in [-0.25, -0.2) is 4.98 Å². The number of nitrogens with one attached hydrogen (secondary N) is 1. The average Bonchev–Trinajstić information content (AvgIpc) is 2.41. The first-order valence-electron chi connectivity index (χ1n) is 5.88. The van der Waals surface area contributed by atoms with E-state index in [-0.39, 0.29) is 11.7 Å². The number of amides is 1. The number of allylic oxidation sites excluding steroid dienone is 2. The summed E-state index contributed by atoms with van der Waals surface area (Å²) in [5, 5.41) is 12.0. The summed E-state index contributed by atoms with van der Waals surface area (Å²) < 4.78 is 0. The molecule has 0 bridgehead atoms. The number of rotatable bonds is 3. The van der Waals surface area contributed by atoms with Gasteiger partial charge < -0.3 is 10.4 Å². The van der Waals surface area contributed by atoms with E-state index in [0.29, 0.717) is 17.9 Å². The summed E-state index contributed by atoms with van der Waals surface area (Å²) in [5.41, 5.74) is 0. The molecule has 0 fully saturated rings. The van der Waals surface area contributed by atoms with Crippen molar-refractivity contribution in [1.82, 2.24) is 4.98 Å². The van der Waals surface area contributed by atoms with Gasteiger partial charge in [0.05, 0.1) is 16.9 Å². The van der Waals surface area contributed by atoms with E-state index in [0.717, 1.165) is 0 Å². The van der Waals surface area contributed by atoms with Crippen molar-refractivity contribution in [3.8, 4) is 0 Å². The van der Waals surface area contributed by atoms with Crippen molar-refractivity contribution in [2.75, 3.05) is 5.32 Å². The number of hydrogen-bond donors (Lipinski definition) is 2. The molecule has 1 heterocycles. The van der Waals surface area contributed by atoms with Gasteiger partial charge in [-0.1, -0.05) is 23.8 Å². The smallest absolute Gasteiger partial charge is 0.307 e. The number of carbonyl (C=O) groups is 2. The molecule has 0 saturated heterocycles. The van der Waals surface area contributed by atoms with E-state index < -0.39 is 17.8 Å². The zero-order valence-corrected chi connectivity index (χ0v) is 10.8. The molecule has 1 aliphatic rings. The Hall–Kier alpha value is -1.88. The molecule has 1 aromatic heterocycles. The van der Waals surface area contributed by atoms with Crippen LogP contribution in [0.25, 0.3) is 0 Å². The molecule has 6 heteroatoms. The standard InChI is InChI=1S/C13H13ClN2O3/c14-10-6-3-7-15-11(10)16-12(17)8-4-1-2-5-9(8)13(18)19/h1-3,6-9H,4-5H2,(H,18,19)(H,15,16,17)/t8-,9-/m1/s1. The lowest BCUT2D eigenvalue weighted by molar-refractivity contribution is -0.146. The highest BCUT2D eigenvalue weighted by molar-refractivity contribution is 6.33. The zero-order valence-electron chi connectivity index (χ0n) is 10.0. The van der Waals surface area contributed by atoms with E-state index in [1.165, 1.54) is 6.20 Å². The fraction of sp³-hybridized carbons (Fsp3) is 0.308. The molecule has 0 unspecified atom stereocenters. The average molecular weight is 281 g/mol. The number of aromatic nitrogens is 1. The van der Waals surface area contributed by atoms with E-state index in [4.69, 9.17) is 16.7 Å². The molecule has 0 spiro atoms. The molecule has 0 aromatic carbocycles. The summed E-state index contributed by atoms with van der Waals surface area (Å²) in [6.07, 6.45) is 5.90. The summed E-state index contributed by atoms with van der Waals surface area (Å²) in [6.45, 7) is 0. The molecule has 2 rings (SSSR count). The van der Waals surface area contributed by atoms with Crippen LogP contribution >= 0.6 is 11.6 Å². The lowest BCUT2D eigenvalue weighted by atomic mass is 9.82. The van der Waals surface area contributed by atoms with Gasteiger partial charge in [-0.2, -0.15) is 0 Å². The third-order valence-corrected chi connectivity index (χ3v) is 3.39. The van der Waals surface area contributed by atoms with Crippen LogP contribution in [0.5, 0.6) is 0 Å². The molecule has 100 valence electrons. The highest BCUT2D eigenvalue weighted by atomic mass is 35.5. The number of carboxylic acids is 1. The summed E-state index contributed by atoms with van der Waals surface area (Å²) in [4.78, 5) is 27.2. The van der Waals surface area contributed by atoms with Crippen molar-refractivity contribution in [3.05, 3.63) is 35.5 Å². The van der Waals surface area contributed by atoms with Gasteiger partial charge in [0, 0.05) is 6.20 Å². The van der Waals surface area contributed by atoms with Crippen LogP contribution in [0.15, 0.2) is 30.5 Å². The zero-order chi connectivity index (χ0) is 13.8. The Morgan fingerprint density at radius 3 is 2.63 bits per heavy atom. The maximum atomic E-state index is 12.1. The quantitative estimate of drug-likeness (QED) is 0.833. The largest absolute Gasteiger partial charge is 0.481 e. The van der Waals surface area contributed by atoms with Gasteiger partial charge >= 0.3 is 5.97 Å². The summed E-state index contributed by atoms with van der Waals surface area (Å²) in [5.74, 6) is -2.37. The van der Waals surface area contributed by atoms with E-state index >= 15 is 0 Å². The molecular weight excluding hydrogens is 268 g/mol. The minimum Gasteiger partial charge on any atom is -0.481 e. The molecule has 1 amide bonds. The van der Waals surface area contributed by atoms with Gasteiger partial charge in [-0.3, -0.25) is 9.59 Å². The second kappa shape index (κ2) is 5.84. The Balaban J connectivity index is 2.13. The fourth-order valence-corrected chi connectivity index (χ4v) is 2.23. The first-order valence-corrected chi connectivity index (χ1v) is 6.26. The Bertz CT molecular complexity index is 530. The molecule has 0 saturated carbocycles. The molecule has 1 aromatic rings. The van der Waals surface area contributed by atoms with E-state index in [2.05, 4.69) is 10.3 Å². The number of pyridine rings is 1. The number of hydrogen-bond acceptors (Lipinski definition) is 3. The Kier molecular flexibility index (Phi) is 4.16. The van der Waals surface area contributed by atoms with Crippen molar-refractivity contribution in [3.63, 3.8) is 0 Å². The molecule has 2 atom stereocenters. The Labute approximate surface area is 115 Å². The van der Waals surface area contributed by atoms with Crippen LogP contribution in [0.3, 0.4) is 0 Å².